The Balaban J connectivity index is 2.16. The molecule has 1 aliphatic rings. The molecule has 5 nitrogen and oxygen atoms in total. The van der Waals surface area contributed by atoms with Crippen LogP contribution in [0.15, 0.2) is 17.0 Å². The summed E-state index contributed by atoms with van der Waals surface area (Å²) < 4.78 is 11.0. The molecule has 19 heavy (non-hydrogen) atoms. The van der Waals surface area contributed by atoms with E-state index in [1.807, 2.05) is 18.4 Å². The van der Waals surface area contributed by atoms with E-state index in [0.29, 0.717) is 38.3 Å². The normalized spacial score (nSPS) is 13.2. The lowest BCUT2D eigenvalue weighted by Crippen LogP contribution is -2.17. The molecule has 1 aromatic carbocycles. The van der Waals surface area contributed by atoms with Gasteiger partial charge in [-0.3, -0.25) is 4.79 Å². The Morgan fingerprint density at radius 3 is 2.68 bits per heavy atom. The Morgan fingerprint density at radius 2 is 2.05 bits per heavy atom. The van der Waals surface area contributed by atoms with Crippen LogP contribution in [0.4, 0.5) is 5.69 Å². The SMILES string of the molecule is CSc1cc2c(cc1NC(=O)CCCN)OCCO2. The van der Waals surface area contributed by atoms with Crippen LogP contribution in [0.1, 0.15) is 12.8 Å². The summed E-state index contributed by atoms with van der Waals surface area (Å²) in [5.41, 5.74) is 6.16. The largest absolute Gasteiger partial charge is 0.486 e. The van der Waals surface area contributed by atoms with Gasteiger partial charge in [0.25, 0.3) is 0 Å². The van der Waals surface area contributed by atoms with Crippen molar-refractivity contribution in [2.75, 3.05) is 31.3 Å². The number of hydrogen-bond acceptors (Lipinski definition) is 5. The van der Waals surface area contributed by atoms with Gasteiger partial charge >= 0.3 is 0 Å². The third-order valence-corrected chi connectivity index (χ3v) is 3.52. The van der Waals surface area contributed by atoms with Crippen LogP contribution < -0.4 is 20.5 Å². The van der Waals surface area contributed by atoms with Crippen LogP contribution in [-0.2, 0) is 4.79 Å². The molecule has 1 heterocycles. The molecule has 104 valence electrons. The molecule has 1 amide bonds. The van der Waals surface area contributed by atoms with E-state index in [4.69, 9.17) is 15.2 Å². The molecule has 2 rings (SSSR count). The molecular formula is C13H18N2O3S. The number of hydrogen-bond donors (Lipinski definition) is 2. The number of thioether (sulfide) groups is 1. The maximum absolute atomic E-state index is 11.8. The van der Waals surface area contributed by atoms with E-state index in [1.54, 1.807) is 11.8 Å². The summed E-state index contributed by atoms with van der Waals surface area (Å²) in [6.07, 6.45) is 3.07. The Hall–Kier alpha value is -1.40. The van der Waals surface area contributed by atoms with E-state index < -0.39 is 0 Å². The Morgan fingerprint density at radius 1 is 1.37 bits per heavy atom. The predicted octanol–water partition coefficient (Wildman–Crippen LogP) is 1.86. The fourth-order valence-corrected chi connectivity index (χ4v) is 2.37. The molecule has 0 unspecified atom stereocenters. The summed E-state index contributed by atoms with van der Waals surface area (Å²) >= 11 is 1.56. The van der Waals surface area contributed by atoms with E-state index >= 15 is 0 Å². The molecule has 0 aliphatic carbocycles. The minimum absolute atomic E-state index is 0.0302. The van der Waals surface area contributed by atoms with Gasteiger partial charge in [-0.25, -0.2) is 0 Å². The Bertz CT molecular complexity index is 465. The Labute approximate surface area is 116 Å². The standard InChI is InChI=1S/C13H18N2O3S/c1-19-12-8-11-10(17-5-6-18-11)7-9(12)15-13(16)3-2-4-14/h7-8H,2-6,14H2,1H3,(H,15,16). The highest BCUT2D eigenvalue weighted by atomic mass is 32.2. The first kappa shape index (κ1) is 14.0. The number of nitrogens with two attached hydrogens (primary N) is 1. The summed E-state index contributed by atoms with van der Waals surface area (Å²) in [6.45, 7) is 1.61. The van der Waals surface area contributed by atoms with Crippen LogP contribution in [0.3, 0.4) is 0 Å². The number of rotatable bonds is 5. The first-order valence-electron chi connectivity index (χ1n) is 6.22. The second-order valence-electron chi connectivity index (χ2n) is 4.14. The number of fused-ring (bicyclic) bond motifs is 1. The molecule has 0 saturated heterocycles. The van der Waals surface area contributed by atoms with Gasteiger partial charge < -0.3 is 20.5 Å². The highest BCUT2D eigenvalue weighted by Gasteiger charge is 2.16. The van der Waals surface area contributed by atoms with Crippen molar-refractivity contribution >= 4 is 23.4 Å². The van der Waals surface area contributed by atoms with Crippen LogP contribution >= 0.6 is 11.8 Å². The smallest absolute Gasteiger partial charge is 0.224 e. The third-order valence-electron chi connectivity index (χ3n) is 2.75. The van der Waals surface area contributed by atoms with Crippen LogP contribution in [-0.4, -0.2) is 31.9 Å². The second-order valence-corrected chi connectivity index (χ2v) is 4.98. The maximum atomic E-state index is 11.8. The zero-order valence-electron chi connectivity index (χ0n) is 10.9. The van der Waals surface area contributed by atoms with Crippen molar-refractivity contribution in [3.8, 4) is 11.5 Å². The van der Waals surface area contributed by atoms with Crippen molar-refractivity contribution in [2.24, 2.45) is 5.73 Å². The quantitative estimate of drug-likeness (QED) is 0.806. The zero-order valence-corrected chi connectivity index (χ0v) is 11.7. The van der Waals surface area contributed by atoms with Gasteiger partial charge in [-0.1, -0.05) is 0 Å². The average Bonchev–Trinajstić information content (AvgIpc) is 2.44. The van der Waals surface area contributed by atoms with Crippen molar-refractivity contribution in [2.45, 2.75) is 17.7 Å². The van der Waals surface area contributed by atoms with Gasteiger partial charge in [0.05, 0.1) is 5.69 Å². The third kappa shape index (κ3) is 3.54. The second kappa shape index (κ2) is 6.68. The number of amides is 1. The molecule has 0 radical (unpaired) electrons. The van der Waals surface area contributed by atoms with E-state index in [1.165, 1.54) is 0 Å². The molecule has 0 fully saturated rings. The fourth-order valence-electron chi connectivity index (χ4n) is 1.81. The van der Waals surface area contributed by atoms with Gasteiger partial charge in [-0.2, -0.15) is 0 Å². The average molecular weight is 282 g/mol. The molecule has 0 saturated carbocycles. The number of carbonyl (C=O) groups is 1. The van der Waals surface area contributed by atoms with Crippen molar-refractivity contribution < 1.29 is 14.3 Å². The summed E-state index contributed by atoms with van der Waals surface area (Å²) in [5.74, 6) is 1.38. The van der Waals surface area contributed by atoms with Crippen LogP contribution in [0.25, 0.3) is 0 Å². The first-order chi connectivity index (χ1) is 9.24. The molecule has 0 aromatic heterocycles. The van der Waals surface area contributed by atoms with Crippen LogP contribution in [0, 0.1) is 0 Å². The summed E-state index contributed by atoms with van der Waals surface area (Å²) in [5, 5.41) is 2.90. The number of benzene rings is 1. The van der Waals surface area contributed by atoms with E-state index in [0.717, 1.165) is 16.3 Å². The topological polar surface area (TPSA) is 73.6 Å². The number of carbonyl (C=O) groups excluding carboxylic acids is 1. The van der Waals surface area contributed by atoms with Gasteiger partial charge in [0.15, 0.2) is 11.5 Å². The predicted molar refractivity (Wildman–Crippen MR) is 76.1 cm³/mol. The van der Waals surface area contributed by atoms with E-state index in [-0.39, 0.29) is 5.91 Å². The molecule has 0 spiro atoms. The van der Waals surface area contributed by atoms with Gasteiger partial charge in [-0.15, -0.1) is 11.8 Å². The highest BCUT2D eigenvalue weighted by molar-refractivity contribution is 7.98. The minimum Gasteiger partial charge on any atom is -0.486 e. The number of anilines is 1. The molecule has 3 N–H and O–H groups in total. The van der Waals surface area contributed by atoms with Crippen molar-refractivity contribution in [3.63, 3.8) is 0 Å². The van der Waals surface area contributed by atoms with Gasteiger partial charge in [0.1, 0.15) is 13.2 Å². The summed E-state index contributed by atoms with van der Waals surface area (Å²) in [7, 11) is 0. The van der Waals surface area contributed by atoms with Gasteiger partial charge in [0, 0.05) is 17.4 Å². The summed E-state index contributed by atoms with van der Waals surface area (Å²) in [4.78, 5) is 12.7. The van der Waals surface area contributed by atoms with E-state index in [2.05, 4.69) is 5.32 Å². The van der Waals surface area contributed by atoms with Gasteiger partial charge in [0.2, 0.25) is 5.91 Å². The lowest BCUT2D eigenvalue weighted by atomic mass is 10.2. The lowest BCUT2D eigenvalue weighted by molar-refractivity contribution is -0.116. The number of ether oxygens (including phenoxy) is 2. The fraction of sp³-hybridized carbons (Fsp3) is 0.462. The van der Waals surface area contributed by atoms with E-state index in [9.17, 15) is 4.79 Å². The van der Waals surface area contributed by atoms with Crippen LogP contribution in [0.5, 0.6) is 11.5 Å². The minimum atomic E-state index is -0.0302. The molecule has 6 heteroatoms. The van der Waals surface area contributed by atoms with Crippen molar-refractivity contribution in [3.05, 3.63) is 12.1 Å². The monoisotopic (exact) mass is 282 g/mol. The van der Waals surface area contributed by atoms with Gasteiger partial charge in [-0.05, 0) is 25.3 Å². The highest BCUT2D eigenvalue weighted by Crippen LogP contribution is 2.39. The molecule has 1 aromatic rings. The zero-order chi connectivity index (χ0) is 13.7. The molecule has 1 aliphatic heterocycles. The Kier molecular flexibility index (Phi) is 4.93. The maximum Gasteiger partial charge on any atom is 0.224 e. The molecule has 0 atom stereocenters. The number of nitrogens with one attached hydrogen (secondary N) is 1. The summed E-state index contributed by atoms with van der Waals surface area (Å²) in [6, 6.07) is 3.72. The lowest BCUT2D eigenvalue weighted by Gasteiger charge is -2.21. The molecule has 0 bridgehead atoms. The molecular weight excluding hydrogens is 264 g/mol. The first-order valence-corrected chi connectivity index (χ1v) is 7.44. The van der Waals surface area contributed by atoms with Crippen molar-refractivity contribution in [1.82, 2.24) is 0 Å². The van der Waals surface area contributed by atoms with Crippen molar-refractivity contribution in [1.29, 1.82) is 0 Å². The van der Waals surface area contributed by atoms with Crippen LogP contribution in [0.2, 0.25) is 0 Å².